The fraction of sp³-hybridized carbons (Fsp3) is 0.846. The van der Waals surface area contributed by atoms with Crippen LogP contribution in [0.4, 0.5) is 0 Å². The van der Waals surface area contributed by atoms with E-state index in [9.17, 15) is 4.79 Å². The summed E-state index contributed by atoms with van der Waals surface area (Å²) in [5.74, 6) is 1.25. The first-order chi connectivity index (χ1) is 9.54. The van der Waals surface area contributed by atoms with Crippen molar-refractivity contribution in [1.29, 1.82) is 0 Å². The van der Waals surface area contributed by atoms with Crippen molar-refractivity contribution in [3.8, 4) is 0 Å². The van der Waals surface area contributed by atoms with Gasteiger partial charge in [0.25, 0.3) is 0 Å². The van der Waals surface area contributed by atoms with E-state index in [0.717, 1.165) is 49.5 Å². The van der Waals surface area contributed by atoms with Gasteiger partial charge in [0.2, 0.25) is 5.91 Å². The van der Waals surface area contributed by atoms with Gasteiger partial charge in [0.15, 0.2) is 0 Å². The number of piperazine rings is 1. The van der Waals surface area contributed by atoms with Crippen LogP contribution in [0.5, 0.6) is 0 Å². The van der Waals surface area contributed by atoms with Crippen LogP contribution in [0.1, 0.15) is 13.8 Å². The van der Waals surface area contributed by atoms with Gasteiger partial charge in [-0.05, 0) is 13.8 Å². The van der Waals surface area contributed by atoms with Crippen molar-refractivity contribution in [3.63, 3.8) is 0 Å². The lowest BCUT2D eigenvalue weighted by Crippen LogP contribution is -2.52. The van der Waals surface area contributed by atoms with Crippen LogP contribution in [0, 0.1) is 0 Å². The molecule has 0 bridgehead atoms. The van der Waals surface area contributed by atoms with E-state index in [2.05, 4.69) is 20.0 Å². The van der Waals surface area contributed by atoms with Crippen molar-refractivity contribution in [3.05, 3.63) is 0 Å². The molecule has 114 valence electrons. The molecule has 2 aliphatic rings. The molecule has 2 fully saturated rings. The summed E-state index contributed by atoms with van der Waals surface area (Å²) in [6.45, 7) is 10.5. The molecule has 2 aliphatic heterocycles. The van der Waals surface area contributed by atoms with Crippen LogP contribution < -0.4 is 5.32 Å². The van der Waals surface area contributed by atoms with Crippen LogP contribution in [0.3, 0.4) is 0 Å². The van der Waals surface area contributed by atoms with Crippen LogP contribution in [-0.2, 0) is 4.79 Å². The summed E-state index contributed by atoms with van der Waals surface area (Å²) < 4.78 is 1.03. The predicted molar refractivity (Wildman–Crippen MR) is 87.9 cm³/mol. The number of hydrogen-bond acceptors (Lipinski definition) is 5. The van der Waals surface area contributed by atoms with E-state index in [1.807, 2.05) is 13.8 Å². The number of hydrogen-bond donors (Lipinski definition) is 1. The highest BCUT2D eigenvalue weighted by Gasteiger charge is 2.23. The monoisotopic (exact) mass is 316 g/mol. The normalized spacial score (nSPS) is 21.8. The highest BCUT2D eigenvalue weighted by Crippen LogP contribution is 2.18. The van der Waals surface area contributed by atoms with Crippen molar-refractivity contribution in [1.82, 2.24) is 20.0 Å². The van der Waals surface area contributed by atoms with E-state index in [-0.39, 0.29) is 11.9 Å². The smallest absolute Gasteiger partial charge is 0.234 e. The zero-order valence-electron chi connectivity index (χ0n) is 12.3. The molecule has 5 nitrogen and oxygen atoms in total. The minimum absolute atomic E-state index is 0.130. The van der Waals surface area contributed by atoms with E-state index in [1.54, 1.807) is 11.8 Å². The van der Waals surface area contributed by atoms with Crippen molar-refractivity contribution in [2.75, 3.05) is 51.7 Å². The Morgan fingerprint density at radius 3 is 2.45 bits per heavy atom. The summed E-state index contributed by atoms with van der Waals surface area (Å²) in [6, 6.07) is 0.220. The van der Waals surface area contributed by atoms with Crippen LogP contribution in [-0.4, -0.2) is 82.7 Å². The number of carbonyl (C=O) groups excluding carboxylic acids is 1. The van der Waals surface area contributed by atoms with E-state index in [1.165, 1.54) is 0 Å². The minimum atomic E-state index is 0.130. The summed E-state index contributed by atoms with van der Waals surface area (Å²) in [5, 5.41) is 2.94. The molecule has 7 heteroatoms. The summed E-state index contributed by atoms with van der Waals surface area (Å²) in [5.41, 5.74) is 0. The van der Waals surface area contributed by atoms with Crippen LogP contribution in [0.25, 0.3) is 0 Å². The van der Waals surface area contributed by atoms with E-state index in [0.29, 0.717) is 6.54 Å². The highest BCUT2D eigenvalue weighted by molar-refractivity contribution is 8.23. The van der Waals surface area contributed by atoms with Gasteiger partial charge in [-0.25, -0.2) is 0 Å². The van der Waals surface area contributed by atoms with Gasteiger partial charge in [0.05, 0.1) is 13.2 Å². The Morgan fingerprint density at radius 1 is 1.25 bits per heavy atom. The third-order valence-corrected chi connectivity index (χ3v) is 5.00. The Balaban J connectivity index is 1.67. The number of thiocarbonyl (C=S) groups is 1. The van der Waals surface area contributed by atoms with Gasteiger partial charge in [-0.3, -0.25) is 14.6 Å². The predicted octanol–water partition coefficient (Wildman–Crippen LogP) is 0.420. The Morgan fingerprint density at radius 2 is 1.90 bits per heavy atom. The van der Waals surface area contributed by atoms with Crippen LogP contribution in [0.15, 0.2) is 0 Å². The summed E-state index contributed by atoms with van der Waals surface area (Å²) in [6.07, 6.45) is 0. The second kappa shape index (κ2) is 7.59. The maximum Gasteiger partial charge on any atom is 0.234 e. The molecule has 1 amide bonds. The molecule has 20 heavy (non-hydrogen) atoms. The summed E-state index contributed by atoms with van der Waals surface area (Å²) >= 11 is 7.10. The van der Waals surface area contributed by atoms with Crippen molar-refractivity contribution < 1.29 is 4.79 Å². The number of carbonyl (C=O) groups is 1. The van der Waals surface area contributed by atoms with Crippen molar-refractivity contribution in [2.45, 2.75) is 19.9 Å². The molecule has 2 rings (SSSR count). The molecular formula is C13H24N4OS2. The standard InChI is InChI=1S/C13H24N4OS2/c1-11(2)14-12(18)9-15-3-5-16(6-4-15)10-17-7-8-20-13(17)19/h11H,3-10H2,1-2H3,(H,14,18). The van der Waals surface area contributed by atoms with E-state index >= 15 is 0 Å². The van der Waals surface area contributed by atoms with E-state index in [4.69, 9.17) is 12.2 Å². The zero-order chi connectivity index (χ0) is 14.5. The fourth-order valence-electron chi connectivity index (χ4n) is 2.46. The third-order valence-electron chi connectivity index (χ3n) is 3.50. The number of nitrogens with one attached hydrogen (secondary N) is 1. The second-order valence-corrected chi connectivity index (χ2v) is 7.36. The molecule has 0 aromatic heterocycles. The molecule has 0 aromatic carbocycles. The molecule has 0 aliphatic carbocycles. The Bertz CT molecular complexity index is 356. The molecule has 0 atom stereocenters. The van der Waals surface area contributed by atoms with Crippen LogP contribution >= 0.6 is 24.0 Å². The topological polar surface area (TPSA) is 38.8 Å². The molecule has 1 N–H and O–H groups in total. The van der Waals surface area contributed by atoms with Crippen molar-refractivity contribution in [2.24, 2.45) is 0 Å². The van der Waals surface area contributed by atoms with Gasteiger partial charge in [-0.15, -0.1) is 0 Å². The lowest BCUT2D eigenvalue weighted by Gasteiger charge is -2.36. The first kappa shape index (κ1) is 16.0. The molecular weight excluding hydrogens is 292 g/mol. The number of nitrogens with zero attached hydrogens (tertiary/aromatic N) is 3. The second-order valence-electron chi connectivity index (χ2n) is 5.64. The average Bonchev–Trinajstić information content (AvgIpc) is 2.76. The largest absolute Gasteiger partial charge is 0.353 e. The van der Waals surface area contributed by atoms with Crippen LogP contribution in [0.2, 0.25) is 0 Å². The zero-order valence-corrected chi connectivity index (χ0v) is 13.9. The van der Waals surface area contributed by atoms with E-state index < -0.39 is 0 Å². The van der Waals surface area contributed by atoms with Gasteiger partial charge >= 0.3 is 0 Å². The fourth-order valence-corrected chi connectivity index (χ4v) is 3.67. The third kappa shape index (κ3) is 4.87. The number of thioether (sulfide) groups is 1. The average molecular weight is 316 g/mol. The van der Waals surface area contributed by atoms with Gasteiger partial charge in [0.1, 0.15) is 4.32 Å². The molecule has 0 spiro atoms. The molecule has 0 unspecified atom stereocenters. The van der Waals surface area contributed by atoms with Gasteiger partial charge in [-0.1, -0.05) is 24.0 Å². The Hall–Kier alpha value is -0.370. The molecule has 0 aromatic rings. The molecule has 0 saturated carbocycles. The van der Waals surface area contributed by atoms with Crippen molar-refractivity contribution >= 4 is 34.2 Å². The Labute approximate surface area is 131 Å². The molecule has 2 heterocycles. The number of rotatable bonds is 5. The van der Waals surface area contributed by atoms with Gasteiger partial charge in [-0.2, -0.15) is 0 Å². The number of amides is 1. The highest BCUT2D eigenvalue weighted by atomic mass is 32.2. The lowest BCUT2D eigenvalue weighted by atomic mass is 10.3. The quantitative estimate of drug-likeness (QED) is 0.741. The van der Waals surface area contributed by atoms with Gasteiger partial charge < -0.3 is 10.2 Å². The molecule has 2 saturated heterocycles. The minimum Gasteiger partial charge on any atom is -0.353 e. The lowest BCUT2D eigenvalue weighted by molar-refractivity contribution is -0.123. The van der Waals surface area contributed by atoms with Gasteiger partial charge in [0, 0.05) is 44.5 Å². The maximum atomic E-state index is 11.7. The SMILES string of the molecule is CC(C)NC(=O)CN1CCN(CN2CCSC2=S)CC1. The maximum absolute atomic E-state index is 11.7. The first-order valence-corrected chi connectivity index (χ1v) is 8.60. The molecule has 0 radical (unpaired) electrons. The summed E-state index contributed by atoms with van der Waals surface area (Å²) in [4.78, 5) is 18.7. The summed E-state index contributed by atoms with van der Waals surface area (Å²) in [7, 11) is 0. The Kier molecular flexibility index (Phi) is 6.07. The first-order valence-electron chi connectivity index (χ1n) is 7.20.